The zero-order valence-corrected chi connectivity index (χ0v) is 17.2. The van der Waals surface area contributed by atoms with Gasteiger partial charge in [-0.1, -0.05) is 12.1 Å². The van der Waals surface area contributed by atoms with Crippen molar-refractivity contribution in [1.82, 2.24) is 4.98 Å². The van der Waals surface area contributed by atoms with Gasteiger partial charge in [0.2, 0.25) is 0 Å². The van der Waals surface area contributed by atoms with Gasteiger partial charge in [-0.05, 0) is 57.9 Å². The summed E-state index contributed by atoms with van der Waals surface area (Å²) in [5, 5.41) is 0.872. The lowest BCUT2D eigenvalue weighted by molar-refractivity contribution is 0.601. The van der Waals surface area contributed by atoms with Gasteiger partial charge < -0.3 is 0 Å². The summed E-state index contributed by atoms with van der Waals surface area (Å²) in [5.74, 6) is 0. The Morgan fingerprint density at radius 2 is 1.68 bits per heavy atom. The number of aryl methyl sites for hydroxylation is 5. The van der Waals surface area contributed by atoms with Gasteiger partial charge >= 0.3 is 0 Å². The highest BCUT2D eigenvalue weighted by molar-refractivity contribution is 7.93. The summed E-state index contributed by atoms with van der Waals surface area (Å²) in [4.78, 5) is 7.66. The second-order valence-corrected chi connectivity index (χ2v) is 10.2. The molecule has 0 spiro atoms. The van der Waals surface area contributed by atoms with Gasteiger partial charge in [-0.3, -0.25) is 4.72 Å². The zero-order chi connectivity index (χ0) is 18.4. The van der Waals surface area contributed by atoms with Crippen LogP contribution >= 0.6 is 22.7 Å². The number of hydrogen-bond donors (Lipinski definition) is 1. The van der Waals surface area contributed by atoms with E-state index < -0.39 is 10.0 Å². The van der Waals surface area contributed by atoms with Crippen molar-refractivity contribution in [2.24, 2.45) is 0 Å². The van der Waals surface area contributed by atoms with E-state index in [1.807, 2.05) is 52.8 Å². The number of anilines is 1. The first-order valence-electron chi connectivity index (χ1n) is 7.82. The molecule has 1 aromatic carbocycles. The maximum absolute atomic E-state index is 12.9. The largest absolute Gasteiger partial charge is 0.279 e. The van der Waals surface area contributed by atoms with Crippen LogP contribution in [-0.4, -0.2) is 13.4 Å². The van der Waals surface area contributed by atoms with Crippen LogP contribution in [0.5, 0.6) is 0 Å². The van der Waals surface area contributed by atoms with Gasteiger partial charge in [0, 0.05) is 9.75 Å². The summed E-state index contributed by atoms with van der Waals surface area (Å²) >= 11 is 3.06. The Kier molecular flexibility index (Phi) is 4.74. The minimum atomic E-state index is -3.64. The van der Waals surface area contributed by atoms with Crippen LogP contribution in [-0.2, 0) is 10.0 Å². The van der Waals surface area contributed by atoms with E-state index in [0.717, 1.165) is 36.5 Å². The first kappa shape index (κ1) is 18.1. The molecule has 0 unspecified atom stereocenters. The predicted molar refractivity (Wildman–Crippen MR) is 106 cm³/mol. The molecule has 0 aliphatic rings. The van der Waals surface area contributed by atoms with Crippen LogP contribution in [0.3, 0.4) is 0 Å². The van der Waals surface area contributed by atoms with Crippen molar-refractivity contribution in [3.8, 4) is 9.88 Å². The van der Waals surface area contributed by atoms with E-state index >= 15 is 0 Å². The highest BCUT2D eigenvalue weighted by Gasteiger charge is 2.22. The normalized spacial score (nSPS) is 11.7. The Bertz CT molecular complexity index is 1030. The van der Waals surface area contributed by atoms with Gasteiger partial charge in [0.25, 0.3) is 10.0 Å². The molecule has 132 valence electrons. The Balaban J connectivity index is 1.99. The molecule has 0 radical (unpaired) electrons. The van der Waals surface area contributed by atoms with E-state index in [1.54, 1.807) is 17.4 Å². The van der Waals surface area contributed by atoms with Gasteiger partial charge in [-0.25, -0.2) is 13.4 Å². The molecule has 0 saturated carbocycles. The van der Waals surface area contributed by atoms with Gasteiger partial charge in [0.05, 0.1) is 16.3 Å². The SMILES string of the molecule is Cc1ccc(C)c(NS(=O)(=O)c2cc(-c3nc(C)c(C)s3)sc2C)c1. The van der Waals surface area contributed by atoms with Crippen molar-refractivity contribution in [3.63, 3.8) is 0 Å². The van der Waals surface area contributed by atoms with E-state index in [4.69, 9.17) is 0 Å². The van der Waals surface area contributed by atoms with Crippen LogP contribution in [0, 0.1) is 34.6 Å². The molecule has 4 nitrogen and oxygen atoms in total. The van der Waals surface area contributed by atoms with Crippen LogP contribution in [0.4, 0.5) is 5.69 Å². The molecule has 1 N–H and O–H groups in total. The van der Waals surface area contributed by atoms with E-state index in [-0.39, 0.29) is 0 Å². The van der Waals surface area contributed by atoms with Gasteiger partial charge in [0.1, 0.15) is 9.90 Å². The Hall–Kier alpha value is -1.70. The van der Waals surface area contributed by atoms with Crippen molar-refractivity contribution >= 4 is 38.4 Å². The minimum Gasteiger partial charge on any atom is -0.279 e. The fraction of sp³-hybridized carbons (Fsp3) is 0.278. The fourth-order valence-electron chi connectivity index (χ4n) is 2.46. The number of benzene rings is 1. The summed E-state index contributed by atoms with van der Waals surface area (Å²) in [5.41, 5.74) is 3.52. The van der Waals surface area contributed by atoms with E-state index in [2.05, 4.69) is 9.71 Å². The van der Waals surface area contributed by atoms with Crippen molar-refractivity contribution in [2.45, 2.75) is 39.5 Å². The molecule has 7 heteroatoms. The molecule has 0 aliphatic carbocycles. The molecular formula is C18H20N2O2S3. The van der Waals surface area contributed by atoms with E-state index in [0.29, 0.717) is 10.6 Å². The first-order valence-corrected chi connectivity index (χ1v) is 10.9. The predicted octanol–water partition coefficient (Wildman–Crippen LogP) is 5.21. The fourth-order valence-corrected chi connectivity index (χ4v) is 6.14. The average molecular weight is 393 g/mol. The monoisotopic (exact) mass is 392 g/mol. The molecule has 0 saturated heterocycles. The Morgan fingerprint density at radius 1 is 0.960 bits per heavy atom. The van der Waals surface area contributed by atoms with Crippen LogP contribution in [0.25, 0.3) is 9.88 Å². The van der Waals surface area contributed by atoms with E-state index in [9.17, 15) is 8.42 Å². The van der Waals surface area contributed by atoms with Gasteiger partial charge in [-0.2, -0.15) is 0 Å². The average Bonchev–Trinajstić information content (AvgIpc) is 3.07. The second kappa shape index (κ2) is 6.55. The Morgan fingerprint density at radius 3 is 2.32 bits per heavy atom. The van der Waals surface area contributed by atoms with Crippen LogP contribution in [0.2, 0.25) is 0 Å². The topological polar surface area (TPSA) is 59.1 Å². The molecule has 2 aromatic heterocycles. The third-order valence-electron chi connectivity index (χ3n) is 4.04. The molecule has 25 heavy (non-hydrogen) atoms. The number of aromatic nitrogens is 1. The number of nitrogens with zero attached hydrogens (tertiary/aromatic N) is 1. The standard InChI is InChI=1S/C18H20N2O2S3/c1-10-6-7-11(2)15(8-10)20-25(21,22)17-9-16(23-14(17)5)18-19-12(3)13(4)24-18/h6-9,20H,1-5H3. The number of thiophene rings is 1. The number of nitrogens with one attached hydrogen (secondary N) is 1. The third kappa shape index (κ3) is 3.63. The lowest BCUT2D eigenvalue weighted by Crippen LogP contribution is -2.14. The molecule has 0 atom stereocenters. The number of sulfonamides is 1. The zero-order valence-electron chi connectivity index (χ0n) is 14.8. The van der Waals surface area contributed by atoms with Gasteiger partial charge in [-0.15, -0.1) is 22.7 Å². The Labute approximate surface area is 156 Å². The first-order chi connectivity index (χ1) is 11.7. The third-order valence-corrected chi connectivity index (χ3v) is 7.95. The van der Waals surface area contributed by atoms with Crippen LogP contribution in [0.1, 0.15) is 26.6 Å². The second-order valence-electron chi connectivity index (χ2n) is 6.12. The summed E-state index contributed by atoms with van der Waals surface area (Å²) in [6.45, 7) is 9.66. The van der Waals surface area contributed by atoms with E-state index in [1.165, 1.54) is 11.3 Å². The number of hydrogen-bond acceptors (Lipinski definition) is 5. The smallest absolute Gasteiger partial charge is 0.263 e. The van der Waals surface area contributed by atoms with Crippen molar-refractivity contribution in [2.75, 3.05) is 4.72 Å². The summed E-state index contributed by atoms with van der Waals surface area (Å²) in [6, 6.07) is 7.46. The molecule has 0 amide bonds. The summed E-state index contributed by atoms with van der Waals surface area (Å²) in [6.07, 6.45) is 0. The molecule has 3 aromatic rings. The molecule has 3 rings (SSSR count). The highest BCUT2D eigenvalue weighted by atomic mass is 32.2. The number of rotatable bonds is 4. The quantitative estimate of drug-likeness (QED) is 0.663. The van der Waals surface area contributed by atoms with Crippen molar-refractivity contribution in [3.05, 3.63) is 50.8 Å². The summed E-state index contributed by atoms with van der Waals surface area (Å²) < 4.78 is 28.5. The maximum Gasteiger partial charge on any atom is 0.263 e. The summed E-state index contributed by atoms with van der Waals surface area (Å²) in [7, 11) is -3.64. The number of thiazole rings is 1. The van der Waals surface area contributed by atoms with Crippen LogP contribution in [0.15, 0.2) is 29.2 Å². The molecule has 0 bridgehead atoms. The van der Waals surface area contributed by atoms with Gasteiger partial charge in [0.15, 0.2) is 0 Å². The molecule has 2 heterocycles. The minimum absolute atomic E-state index is 0.318. The lowest BCUT2D eigenvalue weighted by atomic mass is 10.1. The molecular weight excluding hydrogens is 372 g/mol. The lowest BCUT2D eigenvalue weighted by Gasteiger charge is -2.11. The maximum atomic E-state index is 12.9. The van der Waals surface area contributed by atoms with Crippen molar-refractivity contribution in [1.29, 1.82) is 0 Å². The molecule has 0 aliphatic heterocycles. The van der Waals surface area contributed by atoms with Crippen molar-refractivity contribution < 1.29 is 8.42 Å². The molecule has 0 fully saturated rings. The highest BCUT2D eigenvalue weighted by Crippen LogP contribution is 2.37. The van der Waals surface area contributed by atoms with Crippen LogP contribution < -0.4 is 4.72 Å².